The molecule has 108 valence electrons. The minimum absolute atomic E-state index is 0.200. The fraction of sp³-hybridized carbons (Fsp3) is 0.278. The summed E-state index contributed by atoms with van der Waals surface area (Å²) in [5.41, 5.74) is 7.28. The van der Waals surface area contributed by atoms with Crippen LogP contribution in [0.1, 0.15) is 27.8 Å². The quantitative estimate of drug-likeness (QED) is 0.699. The highest BCUT2D eigenvalue weighted by molar-refractivity contribution is 14.1. The van der Waals surface area contributed by atoms with Gasteiger partial charge in [0.1, 0.15) is 0 Å². The zero-order chi connectivity index (χ0) is 15.1. The van der Waals surface area contributed by atoms with Gasteiger partial charge in [-0.1, -0.05) is 17.7 Å². The van der Waals surface area contributed by atoms with Crippen LogP contribution in [0.25, 0.3) is 0 Å². The van der Waals surface area contributed by atoms with Crippen LogP contribution < -0.4 is 4.90 Å². The molecule has 1 heterocycles. The number of aryl methyl sites for hydroxylation is 3. The summed E-state index contributed by atoms with van der Waals surface area (Å²) in [4.78, 5) is 14.3. The second-order valence-electron chi connectivity index (χ2n) is 5.81. The summed E-state index contributed by atoms with van der Waals surface area (Å²) < 4.78 is 1.18. The van der Waals surface area contributed by atoms with Crippen LogP contribution in [0.2, 0.25) is 0 Å². The zero-order valence-electron chi connectivity index (χ0n) is 12.5. The van der Waals surface area contributed by atoms with Crippen LogP contribution in [-0.4, -0.2) is 5.91 Å². The molecule has 21 heavy (non-hydrogen) atoms. The SMILES string of the molecule is Cc1cc(C)c(CN2C(=O)Cc3cc(I)ccc32)c(C)c1. The molecular weight excluding hydrogens is 373 g/mol. The Kier molecular flexibility index (Phi) is 3.78. The Hall–Kier alpha value is -1.36. The Bertz CT molecular complexity index is 713. The van der Waals surface area contributed by atoms with Crippen LogP contribution in [-0.2, 0) is 17.8 Å². The lowest BCUT2D eigenvalue weighted by molar-refractivity contribution is -0.117. The van der Waals surface area contributed by atoms with Gasteiger partial charge in [-0.25, -0.2) is 0 Å². The van der Waals surface area contributed by atoms with Crippen LogP contribution >= 0.6 is 22.6 Å². The number of benzene rings is 2. The second-order valence-corrected chi connectivity index (χ2v) is 7.05. The Balaban J connectivity index is 1.99. The van der Waals surface area contributed by atoms with Gasteiger partial charge in [0.15, 0.2) is 0 Å². The van der Waals surface area contributed by atoms with Gasteiger partial charge in [0.2, 0.25) is 5.91 Å². The molecular formula is C18H18INO. The summed E-state index contributed by atoms with van der Waals surface area (Å²) in [7, 11) is 0. The van der Waals surface area contributed by atoms with E-state index in [0.717, 1.165) is 11.3 Å². The minimum atomic E-state index is 0.200. The number of fused-ring (bicyclic) bond motifs is 1. The van der Waals surface area contributed by atoms with Crippen LogP contribution in [0.5, 0.6) is 0 Å². The van der Waals surface area contributed by atoms with E-state index < -0.39 is 0 Å². The number of amides is 1. The molecule has 2 aromatic rings. The molecule has 0 unspecified atom stereocenters. The highest BCUT2D eigenvalue weighted by atomic mass is 127. The molecule has 3 rings (SSSR count). The molecule has 0 atom stereocenters. The molecule has 0 aromatic heterocycles. The van der Waals surface area contributed by atoms with Gasteiger partial charge in [-0.2, -0.15) is 0 Å². The van der Waals surface area contributed by atoms with Gasteiger partial charge < -0.3 is 4.90 Å². The number of nitrogens with zero attached hydrogens (tertiary/aromatic N) is 1. The van der Waals surface area contributed by atoms with Crippen molar-refractivity contribution in [1.29, 1.82) is 0 Å². The number of carbonyl (C=O) groups excluding carboxylic acids is 1. The molecule has 1 aliphatic rings. The normalized spacial score (nSPS) is 13.7. The fourth-order valence-electron chi connectivity index (χ4n) is 3.14. The average Bonchev–Trinajstić information content (AvgIpc) is 2.68. The third-order valence-corrected chi connectivity index (χ3v) is 4.80. The highest BCUT2D eigenvalue weighted by Crippen LogP contribution is 2.32. The Morgan fingerprint density at radius 2 is 1.76 bits per heavy atom. The van der Waals surface area contributed by atoms with Crippen molar-refractivity contribution in [2.45, 2.75) is 33.7 Å². The largest absolute Gasteiger partial charge is 0.307 e. The molecule has 0 saturated carbocycles. The first-order valence-corrected chi connectivity index (χ1v) is 8.19. The minimum Gasteiger partial charge on any atom is -0.307 e. The van der Waals surface area contributed by atoms with Gasteiger partial charge in [-0.3, -0.25) is 4.79 Å². The Morgan fingerprint density at radius 1 is 1.10 bits per heavy atom. The first-order chi connectivity index (χ1) is 9.95. The smallest absolute Gasteiger partial charge is 0.231 e. The van der Waals surface area contributed by atoms with E-state index in [9.17, 15) is 4.79 Å². The summed E-state index contributed by atoms with van der Waals surface area (Å²) in [5.74, 6) is 0.200. The average molecular weight is 391 g/mol. The first-order valence-electron chi connectivity index (χ1n) is 7.11. The van der Waals surface area contributed by atoms with E-state index in [4.69, 9.17) is 0 Å². The van der Waals surface area contributed by atoms with Gasteiger partial charge in [-0.15, -0.1) is 0 Å². The van der Waals surface area contributed by atoms with Crippen molar-refractivity contribution >= 4 is 34.2 Å². The molecule has 0 fully saturated rings. The van der Waals surface area contributed by atoms with Gasteiger partial charge in [0.25, 0.3) is 0 Å². The lowest BCUT2D eigenvalue weighted by atomic mass is 9.99. The van der Waals surface area contributed by atoms with E-state index in [1.165, 1.54) is 25.8 Å². The summed E-state index contributed by atoms with van der Waals surface area (Å²) in [6.45, 7) is 7.04. The maximum absolute atomic E-state index is 12.4. The van der Waals surface area contributed by atoms with Crippen molar-refractivity contribution in [3.8, 4) is 0 Å². The predicted octanol–water partition coefficient (Wildman–Crippen LogP) is 4.31. The molecule has 0 saturated heterocycles. The van der Waals surface area contributed by atoms with Gasteiger partial charge >= 0.3 is 0 Å². The predicted molar refractivity (Wildman–Crippen MR) is 94.7 cm³/mol. The van der Waals surface area contributed by atoms with Crippen molar-refractivity contribution in [1.82, 2.24) is 0 Å². The van der Waals surface area contributed by atoms with Crippen molar-refractivity contribution in [2.24, 2.45) is 0 Å². The summed E-state index contributed by atoms with van der Waals surface area (Å²) in [6, 6.07) is 10.6. The second kappa shape index (κ2) is 5.44. The van der Waals surface area contributed by atoms with E-state index >= 15 is 0 Å². The zero-order valence-corrected chi connectivity index (χ0v) is 14.7. The molecule has 0 N–H and O–H groups in total. The van der Waals surface area contributed by atoms with Crippen LogP contribution in [0.4, 0.5) is 5.69 Å². The summed E-state index contributed by atoms with van der Waals surface area (Å²) >= 11 is 2.30. The third-order valence-electron chi connectivity index (χ3n) is 4.13. The first kappa shape index (κ1) is 14.6. The molecule has 0 radical (unpaired) electrons. The Morgan fingerprint density at radius 3 is 2.43 bits per heavy atom. The van der Waals surface area contributed by atoms with Crippen LogP contribution in [0.3, 0.4) is 0 Å². The number of hydrogen-bond acceptors (Lipinski definition) is 1. The molecule has 2 aromatic carbocycles. The molecule has 1 aliphatic heterocycles. The van der Waals surface area contributed by atoms with Crippen LogP contribution in [0.15, 0.2) is 30.3 Å². The van der Waals surface area contributed by atoms with E-state index in [1.54, 1.807) is 0 Å². The third kappa shape index (κ3) is 2.71. The van der Waals surface area contributed by atoms with Gasteiger partial charge in [0.05, 0.1) is 13.0 Å². The van der Waals surface area contributed by atoms with E-state index in [2.05, 4.69) is 73.7 Å². The lowest BCUT2D eigenvalue weighted by Gasteiger charge is -2.21. The van der Waals surface area contributed by atoms with Crippen LogP contribution in [0, 0.1) is 24.3 Å². The maximum atomic E-state index is 12.4. The number of anilines is 1. The molecule has 0 spiro atoms. The number of halogens is 1. The molecule has 1 amide bonds. The highest BCUT2D eigenvalue weighted by Gasteiger charge is 2.27. The maximum Gasteiger partial charge on any atom is 0.231 e. The standard InChI is InChI=1S/C18H18INO/c1-11-6-12(2)16(13(3)7-11)10-20-17-5-4-15(19)8-14(17)9-18(20)21/h4-8H,9-10H2,1-3H3. The summed E-state index contributed by atoms with van der Waals surface area (Å²) in [6.07, 6.45) is 0.524. The Labute approximate surface area is 139 Å². The van der Waals surface area contributed by atoms with E-state index in [-0.39, 0.29) is 5.91 Å². The topological polar surface area (TPSA) is 20.3 Å². The lowest BCUT2D eigenvalue weighted by Crippen LogP contribution is -2.26. The van der Waals surface area contributed by atoms with Crippen molar-refractivity contribution in [2.75, 3.05) is 4.90 Å². The van der Waals surface area contributed by atoms with Gasteiger partial charge in [-0.05, 0) is 83.8 Å². The van der Waals surface area contributed by atoms with Gasteiger partial charge in [0, 0.05) is 9.26 Å². The van der Waals surface area contributed by atoms with E-state index in [0.29, 0.717) is 13.0 Å². The van der Waals surface area contributed by atoms with Crippen molar-refractivity contribution in [3.05, 3.63) is 61.7 Å². The fourth-order valence-corrected chi connectivity index (χ4v) is 3.70. The van der Waals surface area contributed by atoms with E-state index in [1.807, 2.05) is 4.90 Å². The molecule has 2 nitrogen and oxygen atoms in total. The monoisotopic (exact) mass is 391 g/mol. The molecule has 0 bridgehead atoms. The number of rotatable bonds is 2. The number of hydrogen-bond donors (Lipinski definition) is 0. The number of carbonyl (C=O) groups is 1. The van der Waals surface area contributed by atoms with Crippen molar-refractivity contribution < 1.29 is 4.79 Å². The summed E-state index contributed by atoms with van der Waals surface area (Å²) in [5, 5.41) is 0. The molecule has 0 aliphatic carbocycles. The molecule has 3 heteroatoms. The van der Waals surface area contributed by atoms with Crippen molar-refractivity contribution in [3.63, 3.8) is 0 Å².